The van der Waals surface area contributed by atoms with Crippen molar-refractivity contribution in [2.75, 3.05) is 6.61 Å². The van der Waals surface area contributed by atoms with Gasteiger partial charge in [0.1, 0.15) is 17.6 Å². The van der Waals surface area contributed by atoms with E-state index in [4.69, 9.17) is 14.2 Å². The van der Waals surface area contributed by atoms with Gasteiger partial charge in [-0.1, -0.05) is 51.2 Å². The molecule has 5 heteroatoms. The monoisotopic (exact) mass is 412 g/mol. The van der Waals surface area contributed by atoms with Crippen molar-refractivity contribution in [1.29, 1.82) is 0 Å². The highest BCUT2D eigenvalue weighted by atomic mass is 16.5. The smallest absolute Gasteiger partial charge is 0.343 e. The minimum Gasteiger partial charge on any atom is -0.494 e. The second-order valence-corrected chi connectivity index (χ2v) is 7.35. The van der Waals surface area contributed by atoms with Crippen molar-refractivity contribution >= 4 is 11.9 Å². The van der Waals surface area contributed by atoms with Crippen LogP contribution in [0.25, 0.3) is 0 Å². The van der Waals surface area contributed by atoms with Crippen LogP contribution in [0, 0.1) is 0 Å². The predicted octanol–water partition coefficient (Wildman–Crippen LogP) is 6.27. The van der Waals surface area contributed by atoms with E-state index in [0.717, 1.165) is 17.7 Å². The molecule has 1 atom stereocenters. The van der Waals surface area contributed by atoms with Crippen LogP contribution in [0.3, 0.4) is 0 Å². The van der Waals surface area contributed by atoms with Crippen molar-refractivity contribution in [3.63, 3.8) is 0 Å². The second-order valence-electron chi connectivity index (χ2n) is 7.35. The zero-order valence-electron chi connectivity index (χ0n) is 18.2. The third-order valence-electron chi connectivity index (χ3n) is 4.76. The number of carbonyl (C=O) groups is 2. The van der Waals surface area contributed by atoms with Gasteiger partial charge in [0.15, 0.2) is 0 Å². The van der Waals surface area contributed by atoms with Gasteiger partial charge in [0.05, 0.1) is 12.2 Å². The Morgan fingerprint density at radius 1 is 0.833 bits per heavy atom. The van der Waals surface area contributed by atoms with E-state index in [1.165, 1.54) is 39.0 Å². The first kappa shape index (κ1) is 23.5. The molecule has 0 aliphatic rings. The van der Waals surface area contributed by atoms with Gasteiger partial charge in [0, 0.05) is 6.92 Å². The molecule has 30 heavy (non-hydrogen) atoms. The summed E-state index contributed by atoms with van der Waals surface area (Å²) in [5.41, 5.74) is 1.24. The van der Waals surface area contributed by atoms with Crippen LogP contribution in [-0.4, -0.2) is 18.5 Å². The fourth-order valence-corrected chi connectivity index (χ4v) is 3.05. The van der Waals surface area contributed by atoms with Crippen LogP contribution in [0.2, 0.25) is 0 Å². The van der Waals surface area contributed by atoms with Crippen molar-refractivity contribution < 1.29 is 23.8 Å². The maximum absolute atomic E-state index is 12.3. The Labute approximate surface area is 179 Å². The first-order valence-electron chi connectivity index (χ1n) is 10.7. The van der Waals surface area contributed by atoms with Crippen LogP contribution in [0.4, 0.5) is 0 Å². The largest absolute Gasteiger partial charge is 0.494 e. The van der Waals surface area contributed by atoms with E-state index >= 15 is 0 Å². The Morgan fingerprint density at radius 3 is 2.07 bits per heavy atom. The molecule has 162 valence electrons. The summed E-state index contributed by atoms with van der Waals surface area (Å²) in [5, 5.41) is 0. The molecule has 2 aromatic rings. The molecule has 0 radical (unpaired) electrons. The molecule has 0 saturated heterocycles. The zero-order valence-corrected chi connectivity index (χ0v) is 18.2. The average Bonchev–Trinajstić information content (AvgIpc) is 2.74. The van der Waals surface area contributed by atoms with Crippen LogP contribution in [0.5, 0.6) is 11.5 Å². The maximum Gasteiger partial charge on any atom is 0.343 e. The second kappa shape index (κ2) is 12.7. The minimum absolute atomic E-state index is 0.342. The minimum atomic E-state index is -0.442. The van der Waals surface area contributed by atoms with Gasteiger partial charge in [-0.05, 0) is 55.3 Å². The summed E-state index contributed by atoms with van der Waals surface area (Å²) >= 11 is 0. The zero-order chi connectivity index (χ0) is 21.8. The summed E-state index contributed by atoms with van der Waals surface area (Å²) in [5.74, 6) is 0.448. The molecule has 5 nitrogen and oxygen atoms in total. The van der Waals surface area contributed by atoms with Crippen molar-refractivity contribution in [3.8, 4) is 11.5 Å². The fourth-order valence-electron chi connectivity index (χ4n) is 3.05. The fraction of sp³-hybridized carbons (Fsp3) is 0.440. The van der Waals surface area contributed by atoms with Crippen molar-refractivity contribution in [3.05, 3.63) is 59.7 Å². The first-order chi connectivity index (χ1) is 14.5. The van der Waals surface area contributed by atoms with Crippen molar-refractivity contribution in [2.45, 2.75) is 65.4 Å². The lowest BCUT2D eigenvalue weighted by Crippen LogP contribution is -2.09. The molecule has 0 amide bonds. The lowest BCUT2D eigenvalue weighted by molar-refractivity contribution is -0.145. The quantitative estimate of drug-likeness (QED) is 0.234. The Morgan fingerprint density at radius 2 is 1.43 bits per heavy atom. The molecule has 0 fully saturated rings. The van der Waals surface area contributed by atoms with Crippen molar-refractivity contribution in [2.24, 2.45) is 0 Å². The van der Waals surface area contributed by atoms with Gasteiger partial charge in [0.25, 0.3) is 0 Å². The number of unbranched alkanes of at least 4 members (excludes halogenated alkanes) is 5. The number of esters is 2. The van der Waals surface area contributed by atoms with Gasteiger partial charge in [0.2, 0.25) is 0 Å². The third kappa shape index (κ3) is 8.27. The Kier molecular flexibility index (Phi) is 9.92. The standard InChI is InChI=1S/C25H32O5/c1-4-5-6-7-8-9-18-28-23-14-16-24(17-15-23)30-25(27)22-12-10-21(11-13-22)19(2)29-20(3)26/h10-17,19H,4-9,18H2,1-3H3. The van der Waals surface area contributed by atoms with Gasteiger partial charge in [-0.25, -0.2) is 4.79 Å². The molecule has 0 heterocycles. The number of ether oxygens (including phenoxy) is 3. The third-order valence-corrected chi connectivity index (χ3v) is 4.76. The SMILES string of the molecule is CCCCCCCCOc1ccc(OC(=O)c2ccc(C(C)OC(C)=O)cc2)cc1. The van der Waals surface area contributed by atoms with E-state index in [1.54, 1.807) is 43.3 Å². The summed E-state index contributed by atoms with van der Waals surface area (Å²) < 4.78 is 16.3. The molecular formula is C25H32O5. The van der Waals surface area contributed by atoms with Crippen LogP contribution in [0.15, 0.2) is 48.5 Å². The Bertz CT molecular complexity index is 780. The highest BCUT2D eigenvalue weighted by Crippen LogP contribution is 2.21. The molecule has 1 unspecified atom stereocenters. The number of benzene rings is 2. The lowest BCUT2D eigenvalue weighted by Gasteiger charge is -2.12. The van der Waals surface area contributed by atoms with E-state index < -0.39 is 5.97 Å². The van der Waals surface area contributed by atoms with E-state index in [2.05, 4.69) is 6.92 Å². The van der Waals surface area contributed by atoms with Crippen LogP contribution in [0.1, 0.15) is 81.3 Å². The van der Waals surface area contributed by atoms with E-state index in [-0.39, 0.29) is 12.1 Å². The molecule has 2 rings (SSSR count). The van der Waals surface area contributed by atoms with E-state index in [9.17, 15) is 9.59 Å². The normalized spacial score (nSPS) is 11.6. The first-order valence-corrected chi connectivity index (χ1v) is 10.7. The molecule has 0 aromatic heterocycles. The molecule has 2 aromatic carbocycles. The van der Waals surface area contributed by atoms with Gasteiger partial charge in [-0.2, -0.15) is 0 Å². The number of carbonyl (C=O) groups excluding carboxylic acids is 2. The molecule has 0 bridgehead atoms. The predicted molar refractivity (Wildman–Crippen MR) is 117 cm³/mol. The van der Waals surface area contributed by atoms with E-state index in [1.807, 2.05) is 12.1 Å². The molecule has 0 spiro atoms. The number of rotatable bonds is 12. The highest BCUT2D eigenvalue weighted by molar-refractivity contribution is 5.91. The Balaban J connectivity index is 1.78. The molecule has 0 aliphatic carbocycles. The average molecular weight is 413 g/mol. The van der Waals surface area contributed by atoms with Gasteiger partial charge < -0.3 is 14.2 Å². The van der Waals surface area contributed by atoms with Crippen LogP contribution >= 0.6 is 0 Å². The van der Waals surface area contributed by atoms with Gasteiger partial charge in [-0.15, -0.1) is 0 Å². The van der Waals surface area contributed by atoms with Gasteiger partial charge >= 0.3 is 11.9 Å². The molecular weight excluding hydrogens is 380 g/mol. The van der Waals surface area contributed by atoms with Crippen LogP contribution < -0.4 is 9.47 Å². The van der Waals surface area contributed by atoms with E-state index in [0.29, 0.717) is 17.9 Å². The molecule has 0 saturated carbocycles. The maximum atomic E-state index is 12.3. The van der Waals surface area contributed by atoms with Gasteiger partial charge in [-0.3, -0.25) is 4.79 Å². The van der Waals surface area contributed by atoms with Crippen LogP contribution in [-0.2, 0) is 9.53 Å². The number of hydrogen-bond acceptors (Lipinski definition) is 5. The lowest BCUT2D eigenvalue weighted by atomic mass is 10.1. The topological polar surface area (TPSA) is 61.8 Å². The Hall–Kier alpha value is -2.82. The summed E-state index contributed by atoms with van der Waals surface area (Å²) in [4.78, 5) is 23.4. The molecule has 0 aliphatic heterocycles. The summed E-state index contributed by atoms with van der Waals surface area (Å²) in [6.45, 7) is 6.07. The van der Waals surface area contributed by atoms with Crippen molar-refractivity contribution in [1.82, 2.24) is 0 Å². The summed E-state index contributed by atoms with van der Waals surface area (Å²) in [6.07, 6.45) is 6.99. The highest BCUT2D eigenvalue weighted by Gasteiger charge is 2.12. The summed E-state index contributed by atoms with van der Waals surface area (Å²) in [7, 11) is 0. The number of hydrogen-bond donors (Lipinski definition) is 0. The molecule has 0 N–H and O–H groups in total. The summed E-state index contributed by atoms with van der Waals surface area (Å²) in [6, 6.07) is 13.9.